The Hall–Kier alpha value is -1.48. The lowest BCUT2D eigenvalue weighted by molar-refractivity contribution is -0.120. The Morgan fingerprint density at radius 1 is 1.38 bits per heavy atom. The lowest BCUT2D eigenvalue weighted by Crippen LogP contribution is -2.26. The minimum absolute atomic E-state index is 0.00500. The van der Waals surface area contributed by atoms with Crippen LogP contribution in [0.25, 0.3) is 10.9 Å². The topological polar surface area (TPSA) is 44.9 Å². The third kappa shape index (κ3) is 2.36. The molecule has 16 heavy (non-hydrogen) atoms. The molecule has 0 fully saturated rings. The highest BCUT2D eigenvalue weighted by molar-refractivity contribution is 6.18. The third-order valence-corrected chi connectivity index (χ3v) is 2.63. The van der Waals surface area contributed by atoms with Gasteiger partial charge in [0.25, 0.3) is 0 Å². The molecular weight excluding hydrogens is 224 g/mol. The largest absolute Gasteiger partial charge is 0.361 e. The molecule has 0 saturated heterocycles. The van der Waals surface area contributed by atoms with Gasteiger partial charge >= 0.3 is 0 Å². The van der Waals surface area contributed by atoms with Crippen LogP contribution in [0.1, 0.15) is 5.56 Å². The van der Waals surface area contributed by atoms with Crippen molar-refractivity contribution in [1.82, 2.24) is 10.3 Å². The van der Waals surface area contributed by atoms with Crippen molar-refractivity contribution < 1.29 is 4.79 Å². The normalized spacial score (nSPS) is 10.6. The Bertz CT molecular complexity index is 492. The number of rotatable bonds is 4. The highest BCUT2D eigenvalue weighted by atomic mass is 35.5. The number of fused-ring (bicyclic) bond motifs is 1. The summed E-state index contributed by atoms with van der Waals surface area (Å²) >= 11 is 5.50. The molecule has 84 valence electrons. The van der Waals surface area contributed by atoms with Crippen molar-refractivity contribution in [3.63, 3.8) is 0 Å². The number of para-hydroxylation sites is 1. The van der Waals surface area contributed by atoms with Crippen LogP contribution in [0.4, 0.5) is 0 Å². The van der Waals surface area contributed by atoms with Gasteiger partial charge in [-0.2, -0.15) is 0 Å². The maximum atomic E-state index is 11.5. The fourth-order valence-electron chi connectivity index (χ4n) is 1.70. The van der Waals surface area contributed by atoms with Crippen LogP contribution in [0, 0.1) is 0 Å². The molecule has 4 heteroatoms. The first-order valence-electron chi connectivity index (χ1n) is 5.19. The van der Waals surface area contributed by atoms with E-state index in [0.29, 0.717) is 18.8 Å². The molecule has 1 aromatic heterocycles. The number of hydrogen-bond donors (Lipinski definition) is 2. The van der Waals surface area contributed by atoms with Crippen LogP contribution in [0.5, 0.6) is 0 Å². The molecule has 0 unspecified atom stereocenters. The van der Waals surface area contributed by atoms with E-state index >= 15 is 0 Å². The van der Waals surface area contributed by atoms with E-state index < -0.39 is 0 Å². The van der Waals surface area contributed by atoms with Gasteiger partial charge in [-0.1, -0.05) is 18.2 Å². The third-order valence-electron chi connectivity index (χ3n) is 2.44. The van der Waals surface area contributed by atoms with Crippen LogP contribution in [0.3, 0.4) is 0 Å². The van der Waals surface area contributed by atoms with Gasteiger partial charge < -0.3 is 10.3 Å². The van der Waals surface area contributed by atoms with Crippen molar-refractivity contribution in [3.05, 3.63) is 36.0 Å². The molecule has 1 amide bonds. The first-order valence-corrected chi connectivity index (χ1v) is 5.72. The number of aromatic amines is 1. The zero-order valence-electron chi connectivity index (χ0n) is 8.79. The lowest BCUT2D eigenvalue weighted by atomic mass is 10.1. The Labute approximate surface area is 98.8 Å². The van der Waals surface area contributed by atoms with Gasteiger partial charge in [-0.3, -0.25) is 4.79 Å². The summed E-state index contributed by atoms with van der Waals surface area (Å²) in [5.74, 6) is 0.449. The average Bonchev–Trinajstić information content (AvgIpc) is 2.70. The van der Waals surface area contributed by atoms with Crippen molar-refractivity contribution in [3.8, 4) is 0 Å². The van der Waals surface area contributed by atoms with Gasteiger partial charge in [0.1, 0.15) is 0 Å². The fraction of sp³-hybridized carbons (Fsp3) is 0.250. The van der Waals surface area contributed by atoms with Crippen LogP contribution in [0.15, 0.2) is 30.5 Å². The first-order chi connectivity index (χ1) is 7.81. The number of aromatic nitrogens is 1. The Balaban J connectivity index is 2.12. The zero-order valence-corrected chi connectivity index (χ0v) is 9.55. The standard InChI is InChI=1S/C12H13ClN2O/c13-5-6-14-12(16)7-9-8-15-11-4-2-1-3-10(9)11/h1-4,8,15H,5-7H2,(H,14,16). The molecule has 2 rings (SSSR count). The van der Waals surface area contributed by atoms with Crippen LogP contribution in [-0.2, 0) is 11.2 Å². The van der Waals surface area contributed by atoms with Gasteiger partial charge in [0.15, 0.2) is 0 Å². The zero-order chi connectivity index (χ0) is 11.4. The number of hydrogen-bond acceptors (Lipinski definition) is 1. The second-order valence-electron chi connectivity index (χ2n) is 3.58. The van der Waals surface area contributed by atoms with E-state index in [2.05, 4.69) is 10.3 Å². The lowest BCUT2D eigenvalue weighted by Gasteiger charge is -2.01. The average molecular weight is 237 g/mol. The van der Waals surface area contributed by atoms with Crippen LogP contribution in [0.2, 0.25) is 0 Å². The molecule has 0 spiro atoms. The van der Waals surface area contributed by atoms with Gasteiger partial charge in [-0.25, -0.2) is 0 Å². The number of H-pyrrole nitrogens is 1. The maximum absolute atomic E-state index is 11.5. The van der Waals surface area contributed by atoms with E-state index in [-0.39, 0.29) is 5.91 Å². The van der Waals surface area contributed by atoms with Gasteiger partial charge in [-0.15, -0.1) is 11.6 Å². The molecule has 0 radical (unpaired) electrons. The van der Waals surface area contributed by atoms with E-state index in [4.69, 9.17) is 11.6 Å². The molecule has 0 saturated carbocycles. The van der Waals surface area contributed by atoms with Crippen LogP contribution < -0.4 is 5.32 Å². The molecule has 0 bridgehead atoms. The Morgan fingerprint density at radius 2 is 2.19 bits per heavy atom. The van der Waals surface area contributed by atoms with Gasteiger partial charge in [-0.05, 0) is 11.6 Å². The summed E-state index contributed by atoms with van der Waals surface area (Å²) in [6.07, 6.45) is 2.27. The number of amides is 1. The molecule has 2 N–H and O–H groups in total. The number of carbonyl (C=O) groups is 1. The van der Waals surface area contributed by atoms with E-state index in [9.17, 15) is 4.79 Å². The molecule has 1 heterocycles. The summed E-state index contributed by atoms with van der Waals surface area (Å²) in [7, 11) is 0. The summed E-state index contributed by atoms with van der Waals surface area (Å²) in [4.78, 5) is 14.7. The van der Waals surface area contributed by atoms with Gasteiger partial charge in [0.05, 0.1) is 6.42 Å². The molecule has 0 aliphatic heterocycles. The van der Waals surface area contributed by atoms with E-state index in [1.807, 2.05) is 30.5 Å². The van der Waals surface area contributed by atoms with E-state index in [0.717, 1.165) is 16.5 Å². The number of halogens is 1. The second kappa shape index (κ2) is 5.03. The SMILES string of the molecule is O=C(Cc1c[nH]c2ccccc12)NCCCl. The molecule has 3 nitrogen and oxygen atoms in total. The number of nitrogens with one attached hydrogen (secondary N) is 2. The number of benzene rings is 1. The molecule has 0 aliphatic rings. The molecule has 2 aromatic rings. The summed E-state index contributed by atoms with van der Waals surface area (Å²) in [6.45, 7) is 0.517. The minimum Gasteiger partial charge on any atom is -0.361 e. The van der Waals surface area contributed by atoms with Crippen molar-refractivity contribution in [2.75, 3.05) is 12.4 Å². The minimum atomic E-state index is 0.00500. The van der Waals surface area contributed by atoms with E-state index in [1.165, 1.54) is 0 Å². The summed E-state index contributed by atoms with van der Waals surface area (Å²) in [5, 5.41) is 3.85. The molecular formula is C12H13ClN2O. The van der Waals surface area contributed by atoms with E-state index in [1.54, 1.807) is 0 Å². The van der Waals surface area contributed by atoms with Crippen molar-refractivity contribution >= 4 is 28.4 Å². The van der Waals surface area contributed by atoms with Gasteiger partial charge in [0.2, 0.25) is 5.91 Å². The van der Waals surface area contributed by atoms with Crippen LogP contribution in [-0.4, -0.2) is 23.3 Å². The summed E-state index contributed by atoms with van der Waals surface area (Å²) < 4.78 is 0. The Kier molecular flexibility index (Phi) is 3.47. The monoisotopic (exact) mass is 236 g/mol. The predicted molar refractivity (Wildman–Crippen MR) is 65.7 cm³/mol. The maximum Gasteiger partial charge on any atom is 0.224 e. The highest BCUT2D eigenvalue weighted by Crippen LogP contribution is 2.17. The first kappa shape index (κ1) is 11.0. The molecule has 0 aliphatic carbocycles. The van der Waals surface area contributed by atoms with Crippen molar-refractivity contribution in [1.29, 1.82) is 0 Å². The van der Waals surface area contributed by atoms with Crippen molar-refractivity contribution in [2.45, 2.75) is 6.42 Å². The molecule has 1 aromatic carbocycles. The number of carbonyl (C=O) groups excluding carboxylic acids is 1. The number of alkyl halides is 1. The quantitative estimate of drug-likeness (QED) is 0.785. The summed E-state index contributed by atoms with van der Waals surface area (Å²) in [5.41, 5.74) is 2.07. The molecule has 0 atom stereocenters. The second-order valence-corrected chi connectivity index (χ2v) is 3.95. The fourth-order valence-corrected chi connectivity index (χ4v) is 1.79. The predicted octanol–water partition coefficient (Wildman–Crippen LogP) is 2.07. The smallest absolute Gasteiger partial charge is 0.224 e. The van der Waals surface area contributed by atoms with Crippen LogP contribution >= 0.6 is 11.6 Å². The highest BCUT2D eigenvalue weighted by Gasteiger charge is 2.07. The van der Waals surface area contributed by atoms with Gasteiger partial charge in [0, 0.05) is 29.5 Å². The Morgan fingerprint density at radius 3 is 3.00 bits per heavy atom. The summed E-state index contributed by atoms with van der Waals surface area (Å²) in [6, 6.07) is 7.94. The van der Waals surface area contributed by atoms with Crippen molar-refractivity contribution in [2.24, 2.45) is 0 Å².